The minimum Gasteiger partial charge on any atom is -0.505 e. The molecule has 0 radical (unpaired) electrons. The van der Waals surface area contributed by atoms with Gasteiger partial charge in [-0.05, 0) is 42.3 Å². The number of nitriles is 1. The number of sulfonamides is 1. The van der Waals surface area contributed by atoms with Gasteiger partial charge >= 0.3 is 0 Å². The Hall–Kier alpha value is -5.35. The van der Waals surface area contributed by atoms with Crippen molar-refractivity contribution >= 4 is 55.1 Å². The van der Waals surface area contributed by atoms with Gasteiger partial charge in [-0.3, -0.25) is 19.6 Å². The molecular weight excluding hydrogens is 548 g/mol. The number of aromatic hydroxyl groups is 1. The van der Waals surface area contributed by atoms with Gasteiger partial charge in [0.05, 0.1) is 32.4 Å². The molecule has 13 heteroatoms. The van der Waals surface area contributed by atoms with Crippen molar-refractivity contribution in [2.45, 2.75) is 31.6 Å². The van der Waals surface area contributed by atoms with E-state index >= 15 is 0 Å². The van der Waals surface area contributed by atoms with Crippen molar-refractivity contribution in [2.24, 2.45) is 10.2 Å². The molecule has 0 aliphatic heterocycles. The molecule has 4 rings (SSSR count). The maximum Gasteiger partial charge on any atom is 0.270 e. The van der Waals surface area contributed by atoms with E-state index in [2.05, 4.69) is 20.3 Å². The summed E-state index contributed by atoms with van der Waals surface area (Å²) in [7, 11) is -4.07. The van der Waals surface area contributed by atoms with Crippen molar-refractivity contribution in [3.63, 3.8) is 0 Å². The van der Waals surface area contributed by atoms with Gasteiger partial charge in [0.1, 0.15) is 17.5 Å². The van der Waals surface area contributed by atoms with Gasteiger partial charge < -0.3 is 10.4 Å². The number of hydrogen-bond donors (Lipinski definition) is 3. The molecule has 4 aromatic rings. The number of anilines is 2. The van der Waals surface area contributed by atoms with Crippen LogP contribution in [0, 0.1) is 21.4 Å². The normalized spacial score (nSPS) is 11.3. The van der Waals surface area contributed by atoms with Gasteiger partial charge in [-0.1, -0.05) is 38.1 Å². The van der Waals surface area contributed by atoms with E-state index in [0.29, 0.717) is 6.42 Å². The summed E-state index contributed by atoms with van der Waals surface area (Å²) in [5.41, 5.74) is 0.571. The highest BCUT2D eigenvalue weighted by Gasteiger charge is 2.21. The SMILES string of the molecule is CCC(=O)Nc1cc(N=Nc2ccc([N+](=O)[O-])cc2C#N)c2c(NS(=O)(=O)c3cccc(CC)c3)cccc2c1O. The number of fused-ring (bicyclic) bond motifs is 1. The van der Waals surface area contributed by atoms with Gasteiger partial charge in [-0.15, -0.1) is 10.2 Å². The Balaban J connectivity index is 1.91. The number of amides is 1. The number of aryl methyl sites for hydroxylation is 1. The number of benzene rings is 4. The molecule has 0 fully saturated rings. The lowest BCUT2D eigenvalue weighted by Gasteiger charge is -2.16. The second-order valence-corrected chi connectivity index (χ2v) is 10.5. The van der Waals surface area contributed by atoms with Gasteiger partial charge in [0.15, 0.2) is 0 Å². The first-order chi connectivity index (χ1) is 19.6. The molecule has 0 saturated carbocycles. The Kier molecular flexibility index (Phi) is 8.25. The van der Waals surface area contributed by atoms with Crippen molar-refractivity contribution in [3.05, 3.63) is 88.0 Å². The Bertz CT molecular complexity index is 1860. The third-order valence-corrected chi connectivity index (χ3v) is 7.51. The number of carbonyl (C=O) groups is 1. The molecule has 0 aliphatic rings. The Morgan fingerprint density at radius 1 is 1.02 bits per heavy atom. The molecule has 3 N–H and O–H groups in total. The molecule has 0 atom stereocenters. The van der Waals surface area contributed by atoms with Gasteiger partial charge in [-0.25, -0.2) is 8.42 Å². The van der Waals surface area contributed by atoms with Gasteiger partial charge in [0.2, 0.25) is 5.91 Å². The smallest absolute Gasteiger partial charge is 0.270 e. The summed E-state index contributed by atoms with van der Waals surface area (Å²) in [5.74, 6) is -0.708. The molecule has 0 bridgehead atoms. The van der Waals surface area contributed by atoms with Crippen LogP contribution in [0.1, 0.15) is 31.4 Å². The zero-order valence-electron chi connectivity index (χ0n) is 22.0. The number of hydrogen-bond acceptors (Lipinski definition) is 9. The number of non-ortho nitro benzene ring substituents is 1. The average Bonchev–Trinajstić information content (AvgIpc) is 2.97. The summed E-state index contributed by atoms with van der Waals surface area (Å²) in [6, 6.07) is 17.6. The molecule has 12 nitrogen and oxygen atoms in total. The minimum atomic E-state index is -4.07. The number of phenolic OH excluding ortho intramolecular Hbond substituents is 1. The molecule has 0 aromatic heterocycles. The summed E-state index contributed by atoms with van der Waals surface area (Å²) >= 11 is 0. The van der Waals surface area contributed by atoms with E-state index in [4.69, 9.17) is 0 Å². The van der Waals surface area contributed by atoms with Crippen molar-refractivity contribution in [1.82, 2.24) is 0 Å². The molecular formula is C28H24N6O6S. The van der Waals surface area contributed by atoms with Crippen LogP contribution < -0.4 is 10.0 Å². The molecule has 1 amide bonds. The molecule has 4 aromatic carbocycles. The van der Waals surface area contributed by atoms with E-state index in [0.717, 1.165) is 11.6 Å². The largest absolute Gasteiger partial charge is 0.505 e. The second-order valence-electron chi connectivity index (χ2n) is 8.80. The first-order valence-electron chi connectivity index (χ1n) is 12.4. The predicted octanol–water partition coefficient (Wildman–Crippen LogP) is 6.45. The lowest BCUT2D eigenvalue weighted by Crippen LogP contribution is -2.13. The molecule has 0 spiro atoms. The van der Waals surface area contributed by atoms with Gasteiger partial charge in [0, 0.05) is 29.3 Å². The summed E-state index contributed by atoms with van der Waals surface area (Å²) in [6.45, 7) is 3.54. The van der Waals surface area contributed by atoms with E-state index in [1.165, 1.54) is 42.5 Å². The lowest BCUT2D eigenvalue weighted by atomic mass is 10.0. The van der Waals surface area contributed by atoms with E-state index < -0.39 is 20.9 Å². The highest BCUT2D eigenvalue weighted by Crippen LogP contribution is 2.44. The first-order valence-corrected chi connectivity index (χ1v) is 13.9. The number of nitrogens with zero attached hydrogens (tertiary/aromatic N) is 4. The van der Waals surface area contributed by atoms with E-state index in [1.807, 2.05) is 19.1 Å². The summed E-state index contributed by atoms with van der Waals surface area (Å²) in [5, 5.41) is 42.8. The third-order valence-electron chi connectivity index (χ3n) is 6.15. The highest BCUT2D eigenvalue weighted by molar-refractivity contribution is 7.92. The van der Waals surface area contributed by atoms with Gasteiger partial charge in [-0.2, -0.15) is 5.26 Å². The maximum absolute atomic E-state index is 13.3. The Morgan fingerprint density at radius 3 is 2.44 bits per heavy atom. The van der Waals surface area contributed by atoms with Crippen molar-refractivity contribution < 1.29 is 23.2 Å². The molecule has 0 heterocycles. The zero-order valence-corrected chi connectivity index (χ0v) is 22.8. The van der Waals surface area contributed by atoms with E-state index in [1.54, 1.807) is 19.1 Å². The highest BCUT2D eigenvalue weighted by atomic mass is 32.2. The number of rotatable bonds is 9. The van der Waals surface area contributed by atoms with Crippen molar-refractivity contribution in [3.8, 4) is 11.8 Å². The van der Waals surface area contributed by atoms with Gasteiger partial charge in [0.25, 0.3) is 15.7 Å². The quantitative estimate of drug-likeness (QED) is 0.0888. The number of azo groups is 1. The molecule has 208 valence electrons. The standard InChI is InChI=1S/C28H24N6O6S/c1-3-17-7-5-8-20(13-17)41(39,40)33-23-10-6-9-21-27(23)24(15-25(28(21)36)30-26(35)4-2)32-31-22-12-11-19(34(37)38)14-18(22)16-29/h5-15,33,36H,3-4H2,1-2H3,(H,30,35). The Labute approximate surface area is 235 Å². The van der Waals surface area contributed by atoms with Crippen LogP contribution in [0.3, 0.4) is 0 Å². The van der Waals surface area contributed by atoms with Crippen LogP contribution >= 0.6 is 0 Å². The van der Waals surface area contributed by atoms with Crippen molar-refractivity contribution in [2.75, 3.05) is 10.0 Å². The van der Waals surface area contributed by atoms with Crippen molar-refractivity contribution in [1.29, 1.82) is 5.26 Å². The second kappa shape index (κ2) is 11.8. The summed E-state index contributed by atoms with van der Waals surface area (Å²) in [6.07, 6.45) is 0.759. The van der Waals surface area contributed by atoms with Crippen LogP contribution in [-0.4, -0.2) is 24.4 Å². The van der Waals surface area contributed by atoms with E-state index in [9.17, 15) is 33.7 Å². The number of phenols is 1. The lowest BCUT2D eigenvalue weighted by molar-refractivity contribution is -0.384. The molecule has 0 aliphatic carbocycles. The first kappa shape index (κ1) is 28.7. The monoisotopic (exact) mass is 572 g/mol. The molecule has 0 unspecified atom stereocenters. The number of nitrogens with one attached hydrogen (secondary N) is 2. The van der Waals surface area contributed by atoms with Crippen LogP contribution in [0.5, 0.6) is 5.75 Å². The van der Waals surface area contributed by atoms with E-state index in [-0.39, 0.29) is 61.8 Å². The summed E-state index contributed by atoms with van der Waals surface area (Å²) in [4.78, 5) is 22.6. The van der Waals surface area contributed by atoms with Crippen LogP contribution in [0.25, 0.3) is 10.8 Å². The summed E-state index contributed by atoms with van der Waals surface area (Å²) < 4.78 is 29.2. The zero-order chi connectivity index (χ0) is 29.7. The molecule has 41 heavy (non-hydrogen) atoms. The van der Waals surface area contributed by atoms with Crippen LogP contribution in [0.15, 0.2) is 81.9 Å². The number of nitro groups is 1. The number of nitro benzene ring substituents is 1. The predicted molar refractivity (Wildman–Crippen MR) is 153 cm³/mol. The fourth-order valence-electron chi connectivity index (χ4n) is 4.00. The molecule has 0 saturated heterocycles. The fourth-order valence-corrected chi connectivity index (χ4v) is 5.15. The van der Waals surface area contributed by atoms with Crippen LogP contribution in [-0.2, 0) is 21.2 Å². The number of carbonyl (C=O) groups excluding carboxylic acids is 1. The minimum absolute atomic E-state index is 0.0122. The van der Waals surface area contributed by atoms with Crippen LogP contribution in [0.4, 0.5) is 28.4 Å². The third kappa shape index (κ3) is 6.13. The topological polar surface area (TPSA) is 187 Å². The average molecular weight is 573 g/mol. The fraction of sp³-hybridized carbons (Fsp3) is 0.143. The Morgan fingerprint density at radius 2 is 1.76 bits per heavy atom. The van der Waals surface area contributed by atoms with Crippen LogP contribution in [0.2, 0.25) is 0 Å². The maximum atomic E-state index is 13.3.